The molecule has 0 amide bonds. The minimum Gasteiger partial charge on any atom is -0.306 e. The molecule has 1 aliphatic carbocycles. The Balaban J connectivity index is 1.50. The Morgan fingerprint density at radius 2 is 1.91 bits per heavy atom. The molecule has 2 aliphatic rings. The molecule has 0 N–H and O–H groups in total. The van der Waals surface area contributed by atoms with Gasteiger partial charge in [0.2, 0.25) is 5.92 Å². The molecule has 1 aromatic carbocycles. The van der Waals surface area contributed by atoms with Gasteiger partial charge in [-0.15, -0.1) is 0 Å². The highest BCUT2D eigenvalue weighted by Gasteiger charge is 2.43. The van der Waals surface area contributed by atoms with Crippen molar-refractivity contribution < 1.29 is 13.6 Å². The maximum Gasteiger partial charge on any atom is 0.279 e. The second-order valence-electron chi connectivity index (χ2n) is 9.03. The van der Waals surface area contributed by atoms with Crippen LogP contribution in [0.2, 0.25) is 0 Å². The molecule has 1 aliphatic heterocycles. The normalized spacial score (nSPS) is 20.0. The van der Waals surface area contributed by atoms with Crippen LogP contribution in [0.4, 0.5) is 8.78 Å². The minimum atomic E-state index is -2.68. The van der Waals surface area contributed by atoms with Crippen molar-refractivity contribution in [3.63, 3.8) is 0 Å². The zero-order chi connectivity index (χ0) is 22.7. The molecule has 166 valence electrons. The first-order valence-electron chi connectivity index (χ1n) is 11.1. The number of nitrogens with zero attached hydrogens (tertiary/aromatic N) is 4. The molecule has 7 heteroatoms. The topological polar surface area (TPSA) is 52.2 Å². The molecule has 0 radical (unpaired) electrons. The lowest BCUT2D eigenvalue weighted by Crippen LogP contribution is -2.24. The van der Waals surface area contributed by atoms with Gasteiger partial charge in [-0.05, 0) is 31.4 Å². The summed E-state index contributed by atoms with van der Waals surface area (Å²) in [4.78, 5) is 18.0. The summed E-state index contributed by atoms with van der Waals surface area (Å²) in [6.07, 6.45) is 6.01. The van der Waals surface area contributed by atoms with Crippen molar-refractivity contribution in [3.8, 4) is 11.3 Å². The number of rotatable bonds is 3. The van der Waals surface area contributed by atoms with E-state index in [1.807, 2.05) is 66.2 Å². The molecular weight excluding hydrogens is 422 g/mol. The maximum absolute atomic E-state index is 14.2. The van der Waals surface area contributed by atoms with Gasteiger partial charge in [-0.1, -0.05) is 35.9 Å². The standard InChI is InChI=1S/C26H22F2N4O/c1-16-13-20-23(18-9-10-26(27,28)14-18)24(17-5-3-2-4-6-17)30-32(20)25(33)22(16)19-7-8-21-29-11-12-31(21)15-19/h2-8,11-12,15,18H,9-10,13-14H2,1H3. The Labute approximate surface area is 189 Å². The Morgan fingerprint density at radius 1 is 1.09 bits per heavy atom. The van der Waals surface area contributed by atoms with Crippen LogP contribution >= 0.6 is 0 Å². The monoisotopic (exact) mass is 444 g/mol. The third kappa shape index (κ3) is 3.22. The highest BCUT2D eigenvalue weighted by molar-refractivity contribution is 6.22. The Morgan fingerprint density at radius 3 is 2.67 bits per heavy atom. The predicted octanol–water partition coefficient (Wildman–Crippen LogP) is 5.77. The van der Waals surface area contributed by atoms with Gasteiger partial charge in [-0.2, -0.15) is 9.78 Å². The van der Waals surface area contributed by atoms with Crippen LogP contribution in [0.25, 0.3) is 22.5 Å². The fraction of sp³-hybridized carbons (Fsp3) is 0.269. The molecule has 33 heavy (non-hydrogen) atoms. The van der Waals surface area contributed by atoms with Crippen molar-refractivity contribution in [2.24, 2.45) is 0 Å². The lowest BCUT2D eigenvalue weighted by molar-refractivity contribution is 0.00777. The van der Waals surface area contributed by atoms with Crippen LogP contribution in [0.1, 0.15) is 53.7 Å². The van der Waals surface area contributed by atoms with Crippen molar-refractivity contribution in [1.82, 2.24) is 19.2 Å². The Bertz CT molecular complexity index is 1430. The third-order valence-electron chi connectivity index (χ3n) is 6.82. The Kier molecular flexibility index (Phi) is 4.37. The van der Waals surface area contributed by atoms with Crippen LogP contribution in [-0.4, -0.2) is 31.0 Å². The van der Waals surface area contributed by atoms with Crippen LogP contribution < -0.4 is 0 Å². The minimum absolute atomic E-state index is 0.130. The van der Waals surface area contributed by atoms with E-state index in [2.05, 4.69) is 4.98 Å². The largest absolute Gasteiger partial charge is 0.306 e. The van der Waals surface area contributed by atoms with E-state index < -0.39 is 5.92 Å². The summed E-state index contributed by atoms with van der Waals surface area (Å²) < 4.78 is 31.7. The molecule has 1 saturated carbocycles. The summed E-state index contributed by atoms with van der Waals surface area (Å²) in [6.45, 7) is 1.94. The van der Waals surface area contributed by atoms with Crippen LogP contribution in [0.3, 0.4) is 0 Å². The average Bonchev–Trinajstić information content (AvgIpc) is 3.50. The van der Waals surface area contributed by atoms with Crippen molar-refractivity contribution in [2.45, 2.75) is 44.4 Å². The molecule has 5 nitrogen and oxygen atoms in total. The number of benzene rings is 1. The number of carbonyl (C=O) groups excluding carboxylic acids is 1. The number of aromatic nitrogens is 4. The lowest BCUT2D eigenvalue weighted by atomic mass is 9.87. The van der Waals surface area contributed by atoms with E-state index in [1.165, 1.54) is 4.68 Å². The molecule has 1 fully saturated rings. The third-order valence-corrected chi connectivity index (χ3v) is 6.82. The van der Waals surface area contributed by atoms with E-state index in [0.29, 0.717) is 24.1 Å². The van der Waals surface area contributed by atoms with Crippen molar-refractivity contribution in [2.75, 3.05) is 0 Å². The number of allylic oxidation sites excluding steroid dienone is 2. The van der Waals surface area contributed by atoms with Crippen LogP contribution in [0.5, 0.6) is 0 Å². The van der Waals surface area contributed by atoms with Gasteiger partial charge in [-0.3, -0.25) is 4.79 Å². The van der Waals surface area contributed by atoms with Gasteiger partial charge in [0.15, 0.2) is 0 Å². The predicted molar refractivity (Wildman–Crippen MR) is 121 cm³/mol. The van der Waals surface area contributed by atoms with Gasteiger partial charge >= 0.3 is 0 Å². The summed E-state index contributed by atoms with van der Waals surface area (Å²) in [5.41, 5.74) is 6.13. The fourth-order valence-electron chi connectivity index (χ4n) is 5.30. The van der Waals surface area contributed by atoms with E-state index in [9.17, 15) is 13.6 Å². The molecule has 4 aromatic rings. The first-order chi connectivity index (χ1) is 15.9. The number of fused-ring (bicyclic) bond motifs is 2. The van der Waals surface area contributed by atoms with Crippen LogP contribution in [0.15, 0.2) is 66.6 Å². The number of carbonyl (C=O) groups is 1. The van der Waals surface area contributed by atoms with Crippen LogP contribution in [0, 0.1) is 0 Å². The number of hydrogen-bond acceptors (Lipinski definition) is 3. The van der Waals surface area contributed by atoms with E-state index in [1.54, 1.807) is 6.20 Å². The van der Waals surface area contributed by atoms with E-state index in [4.69, 9.17) is 5.10 Å². The quantitative estimate of drug-likeness (QED) is 0.403. The second kappa shape index (κ2) is 7.20. The van der Waals surface area contributed by atoms with Crippen molar-refractivity contribution in [3.05, 3.63) is 83.4 Å². The molecule has 6 rings (SSSR count). The van der Waals surface area contributed by atoms with Crippen molar-refractivity contribution in [1.29, 1.82) is 0 Å². The molecule has 1 unspecified atom stereocenters. The summed E-state index contributed by atoms with van der Waals surface area (Å²) in [7, 11) is 0. The van der Waals surface area contributed by atoms with Gasteiger partial charge in [0, 0.05) is 60.1 Å². The highest BCUT2D eigenvalue weighted by atomic mass is 19.3. The van der Waals surface area contributed by atoms with E-state index in [-0.39, 0.29) is 24.7 Å². The smallest absolute Gasteiger partial charge is 0.279 e. The van der Waals surface area contributed by atoms with Gasteiger partial charge in [0.25, 0.3) is 5.91 Å². The lowest BCUT2D eigenvalue weighted by Gasteiger charge is -2.21. The number of imidazole rings is 1. The highest BCUT2D eigenvalue weighted by Crippen LogP contribution is 2.48. The Hall–Kier alpha value is -3.61. The molecular formula is C26H22F2N4O. The SMILES string of the molecule is CC1=C(c2ccc3nccn3c2)C(=O)n2nc(-c3ccccc3)c(C3CCC(F)(F)C3)c2C1. The molecule has 0 spiro atoms. The summed E-state index contributed by atoms with van der Waals surface area (Å²) in [5.74, 6) is -3.22. The molecule has 1 atom stereocenters. The first kappa shape index (κ1) is 20.0. The van der Waals surface area contributed by atoms with E-state index in [0.717, 1.165) is 33.6 Å². The summed E-state index contributed by atoms with van der Waals surface area (Å²) in [6, 6.07) is 13.3. The van der Waals surface area contributed by atoms with E-state index >= 15 is 0 Å². The second-order valence-corrected chi connectivity index (χ2v) is 9.03. The van der Waals surface area contributed by atoms with Crippen LogP contribution in [-0.2, 0) is 6.42 Å². The molecule has 0 saturated heterocycles. The van der Waals surface area contributed by atoms with Gasteiger partial charge in [0.1, 0.15) is 5.65 Å². The van der Waals surface area contributed by atoms with Crippen molar-refractivity contribution >= 4 is 17.1 Å². The zero-order valence-corrected chi connectivity index (χ0v) is 18.1. The van der Waals surface area contributed by atoms with Gasteiger partial charge in [-0.25, -0.2) is 13.8 Å². The number of halogens is 2. The van der Waals surface area contributed by atoms with Gasteiger partial charge in [0.05, 0.1) is 11.4 Å². The molecule has 0 bridgehead atoms. The summed E-state index contributed by atoms with van der Waals surface area (Å²) >= 11 is 0. The average molecular weight is 444 g/mol. The fourth-order valence-corrected chi connectivity index (χ4v) is 5.30. The zero-order valence-electron chi connectivity index (χ0n) is 18.1. The van der Waals surface area contributed by atoms with Gasteiger partial charge < -0.3 is 4.40 Å². The number of alkyl halides is 2. The maximum atomic E-state index is 14.2. The number of hydrogen-bond donors (Lipinski definition) is 0. The first-order valence-corrected chi connectivity index (χ1v) is 11.1. The molecule has 4 heterocycles. The number of pyridine rings is 1. The molecule has 3 aromatic heterocycles. The summed E-state index contributed by atoms with van der Waals surface area (Å²) in [5, 5.41) is 4.73.